The predicted octanol–water partition coefficient (Wildman–Crippen LogP) is 1.81. The number of rotatable bonds is 5. The molecule has 5 nitrogen and oxygen atoms in total. The molecule has 0 saturated carbocycles. The van der Waals surface area contributed by atoms with Crippen molar-refractivity contribution in [3.8, 4) is 5.75 Å². The lowest BCUT2D eigenvalue weighted by Gasteiger charge is -2.13. The Hall–Kier alpha value is -0.820. The van der Waals surface area contributed by atoms with Crippen LogP contribution in [0.25, 0.3) is 0 Å². The fourth-order valence-electron chi connectivity index (χ4n) is 1.95. The highest BCUT2D eigenvalue weighted by molar-refractivity contribution is 7.89. The van der Waals surface area contributed by atoms with Gasteiger partial charge in [-0.05, 0) is 31.0 Å². The van der Waals surface area contributed by atoms with Crippen LogP contribution in [0.3, 0.4) is 0 Å². The van der Waals surface area contributed by atoms with Crippen LogP contribution >= 0.6 is 11.6 Å². The van der Waals surface area contributed by atoms with E-state index in [2.05, 4.69) is 4.72 Å². The molecule has 1 saturated heterocycles. The minimum atomic E-state index is -3.65. The zero-order valence-electron chi connectivity index (χ0n) is 10.6. The van der Waals surface area contributed by atoms with Crippen LogP contribution in [0, 0.1) is 0 Å². The minimum absolute atomic E-state index is 0.0421. The van der Waals surface area contributed by atoms with E-state index in [4.69, 9.17) is 21.1 Å². The lowest BCUT2D eigenvalue weighted by atomic mass is 10.2. The fourth-order valence-corrected chi connectivity index (χ4v) is 3.44. The van der Waals surface area contributed by atoms with Crippen LogP contribution in [0.15, 0.2) is 23.1 Å². The van der Waals surface area contributed by atoms with Crippen molar-refractivity contribution in [1.82, 2.24) is 4.72 Å². The molecule has 2 rings (SSSR count). The normalized spacial score (nSPS) is 19.6. The van der Waals surface area contributed by atoms with E-state index in [0.717, 1.165) is 12.8 Å². The second-order valence-electron chi connectivity index (χ2n) is 4.28. The maximum atomic E-state index is 12.2. The van der Waals surface area contributed by atoms with Crippen molar-refractivity contribution < 1.29 is 17.9 Å². The summed E-state index contributed by atoms with van der Waals surface area (Å²) in [6, 6.07) is 4.49. The highest BCUT2D eigenvalue weighted by atomic mass is 35.5. The molecule has 1 aliphatic heterocycles. The summed E-state index contributed by atoms with van der Waals surface area (Å²) in [5.74, 6) is 0.268. The number of ether oxygens (including phenoxy) is 2. The van der Waals surface area contributed by atoms with Gasteiger partial charge in [0.15, 0.2) is 0 Å². The number of methoxy groups -OCH3 is 1. The fraction of sp³-hybridized carbons (Fsp3) is 0.500. The van der Waals surface area contributed by atoms with Crippen LogP contribution in [0.2, 0.25) is 5.02 Å². The Morgan fingerprint density at radius 2 is 2.32 bits per heavy atom. The summed E-state index contributed by atoms with van der Waals surface area (Å²) >= 11 is 5.83. The molecular weight excluding hydrogens is 290 g/mol. The summed E-state index contributed by atoms with van der Waals surface area (Å²) in [5.41, 5.74) is 0. The lowest BCUT2D eigenvalue weighted by molar-refractivity contribution is 0.114. The number of sulfonamides is 1. The quantitative estimate of drug-likeness (QED) is 0.901. The Morgan fingerprint density at radius 3 is 2.95 bits per heavy atom. The van der Waals surface area contributed by atoms with E-state index >= 15 is 0 Å². The molecule has 1 N–H and O–H groups in total. The highest BCUT2D eigenvalue weighted by Crippen LogP contribution is 2.27. The van der Waals surface area contributed by atoms with Crippen molar-refractivity contribution in [2.75, 3.05) is 20.3 Å². The van der Waals surface area contributed by atoms with E-state index in [1.165, 1.54) is 19.2 Å². The van der Waals surface area contributed by atoms with Gasteiger partial charge < -0.3 is 9.47 Å². The standard InChI is InChI=1S/C12H16ClNO4S/c1-17-11-5-4-9(13)7-12(11)19(15,16)14-8-10-3-2-6-18-10/h4-5,7,10,14H,2-3,6,8H2,1H3. The molecule has 0 radical (unpaired) electrons. The molecule has 1 aromatic carbocycles. The van der Waals surface area contributed by atoms with Crippen LogP contribution < -0.4 is 9.46 Å². The summed E-state index contributed by atoms with van der Waals surface area (Å²) in [7, 11) is -2.23. The Labute approximate surface area is 117 Å². The summed E-state index contributed by atoms with van der Waals surface area (Å²) < 4.78 is 37.4. The predicted molar refractivity (Wildman–Crippen MR) is 72.2 cm³/mol. The van der Waals surface area contributed by atoms with Gasteiger partial charge in [-0.15, -0.1) is 0 Å². The number of hydrogen-bond donors (Lipinski definition) is 1. The Morgan fingerprint density at radius 1 is 1.53 bits per heavy atom. The molecule has 0 aromatic heterocycles. The molecular formula is C12H16ClNO4S. The van der Waals surface area contributed by atoms with Crippen LogP contribution in [0.5, 0.6) is 5.75 Å². The zero-order chi connectivity index (χ0) is 13.9. The molecule has 1 aliphatic rings. The average Bonchev–Trinajstić information content (AvgIpc) is 2.89. The molecule has 1 atom stereocenters. The summed E-state index contributed by atoms with van der Waals surface area (Å²) in [5, 5.41) is 0.346. The Kier molecular flexibility index (Phi) is 4.67. The molecule has 0 bridgehead atoms. The molecule has 1 aromatic rings. The molecule has 1 fully saturated rings. The summed E-state index contributed by atoms with van der Waals surface area (Å²) in [6.07, 6.45) is 1.78. The van der Waals surface area contributed by atoms with Gasteiger partial charge in [-0.25, -0.2) is 13.1 Å². The minimum Gasteiger partial charge on any atom is -0.495 e. The summed E-state index contributed by atoms with van der Waals surface area (Å²) in [4.78, 5) is 0.0421. The molecule has 0 spiro atoms. The van der Waals surface area contributed by atoms with Crippen LogP contribution in [0.1, 0.15) is 12.8 Å². The van der Waals surface area contributed by atoms with Crippen molar-refractivity contribution in [2.24, 2.45) is 0 Å². The zero-order valence-corrected chi connectivity index (χ0v) is 12.1. The number of benzene rings is 1. The van der Waals surface area contributed by atoms with E-state index in [1.54, 1.807) is 6.07 Å². The van der Waals surface area contributed by atoms with Gasteiger partial charge >= 0.3 is 0 Å². The number of hydrogen-bond acceptors (Lipinski definition) is 4. The second kappa shape index (κ2) is 6.09. The van der Waals surface area contributed by atoms with Crippen molar-refractivity contribution in [2.45, 2.75) is 23.8 Å². The van der Waals surface area contributed by atoms with Crippen LogP contribution in [0.4, 0.5) is 0 Å². The highest BCUT2D eigenvalue weighted by Gasteiger charge is 2.23. The van der Waals surface area contributed by atoms with E-state index in [9.17, 15) is 8.42 Å². The van der Waals surface area contributed by atoms with E-state index in [1.807, 2.05) is 0 Å². The first-order valence-corrected chi connectivity index (χ1v) is 7.84. The van der Waals surface area contributed by atoms with Gasteiger partial charge in [0.05, 0.1) is 13.2 Å². The van der Waals surface area contributed by atoms with Gasteiger partial charge in [-0.1, -0.05) is 11.6 Å². The number of halogens is 1. The van der Waals surface area contributed by atoms with Crippen molar-refractivity contribution in [1.29, 1.82) is 0 Å². The third-order valence-electron chi connectivity index (χ3n) is 2.94. The van der Waals surface area contributed by atoms with E-state index in [0.29, 0.717) is 11.6 Å². The van der Waals surface area contributed by atoms with Gasteiger partial charge in [0, 0.05) is 18.2 Å². The molecule has 0 amide bonds. The molecule has 1 unspecified atom stereocenters. The van der Waals surface area contributed by atoms with Crippen molar-refractivity contribution >= 4 is 21.6 Å². The van der Waals surface area contributed by atoms with Gasteiger partial charge in [0.25, 0.3) is 0 Å². The first-order chi connectivity index (χ1) is 9.03. The molecule has 7 heteroatoms. The van der Waals surface area contributed by atoms with Crippen LogP contribution in [-0.2, 0) is 14.8 Å². The maximum absolute atomic E-state index is 12.2. The third-order valence-corrected chi connectivity index (χ3v) is 4.62. The Bertz CT molecular complexity index is 541. The lowest BCUT2D eigenvalue weighted by Crippen LogP contribution is -2.32. The monoisotopic (exact) mass is 305 g/mol. The van der Waals surface area contributed by atoms with Gasteiger partial charge in [-0.2, -0.15) is 0 Å². The van der Waals surface area contributed by atoms with Crippen molar-refractivity contribution in [3.63, 3.8) is 0 Å². The summed E-state index contributed by atoms with van der Waals surface area (Å²) in [6.45, 7) is 0.949. The van der Waals surface area contributed by atoms with Crippen molar-refractivity contribution in [3.05, 3.63) is 23.2 Å². The smallest absolute Gasteiger partial charge is 0.244 e. The molecule has 0 aliphatic carbocycles. The molecule has 19 heavy (non-hydrogen) atoms. The van der Waals surface area contributed by atoms with E-state index in [-0.39, 0.29) is 23.3 Å². The average molecular weight is 306 g/mol. The second-order valence-corrected chi connectivity index (χ2v) is 6.45. The maximum Gasteiger partial charge on any atom is 0.244 e. The van der Waals surface area contributed by atoms with Crippen LogP contribution in [-0.4, -0.2) is 34.8 Å². The van der Waals surface area contributed by atoms with Gasteiger partial charge in [0.2, 0.25) is 10.0 Å². The number of nitrogens with one attached hydrogen (secondary N) is 1. The Balaban J connectivity index is 2.16. The van der Waals surface area contributed by atoms with Gasteiger partial charge in [0.1, 0.15) is 10.6 Å². The largest absolute Gasteiger partial charge is 0.495 e. The first-order valence-electron chi connectivity index (χ1n) is 5.98. The molecule has 1 heterocycles. The molecule has 106 valence electrons. The topological polar surface area (TPSA) is 64.6 Å². The SMILES string of the molecule is COc1ccc(Cl)cc1S(=O)(=O)NCC1CCCO1. The van der Waals surface area contributed by atoms with Gasteiger partial charge in [-0.3, -0.25) is 0 Å². The third kappa shape index (κ3) is 3.60. The van der Waals surface area contributed by atoms with E-state index < -0.39 is 10.0 Å². The first kappa shape index (κ1) is 14.6.